The van der Waals surface area contributed by atoms with E-state index in [-0.39, 0.29) is 11.5 Å². The molecule has 8 heteroatoms. The number of hydrogen-bond acceptors (Lipinski definition) is 6. The molecule has 1 heterocycles. The monoisotopic (exact) mass is 293 g/mol. The summed E-state index contributed by atoms with van der Waals surface area (Å²) in [7, 11) is 0. The Bertz CT molecular complexity index is 614. The smallest absolute Gasteiger partial charge is 0.345 e. The molecule has 0 radical (unpaired) electrons. The topological polar surface area (TPSA) is 105 Å². The number of aliphatic carboxylic acids is 1. The molecule has 0 saturated heterocycles. The van der Waals surface area contributed by atoms with Crippen LogP contribution in [-0.4, -0.2) is 27.5 Å². The molecule has 20 heavy (non-hydrogen) atoms. The van der Waals surface area contributed by atoms with E-state index in [1.807, 2.05) is 0 Å². The zero-order chi connectivity index (χ0) is 14.5. The lowest BCUT2D eigenvalue weighted by molar-refractivity contribution is -0.380. The van der Waals surface area contributed by atoms with Gasteiger partial charge in [-0.15, -0.1) is 0 Å². The lowest BCUT2D eigenvalue weighted by Gasteiger charge is -2.12. The fourth-order valence-electron chi connectivity index (χ4n) is 1.65. The van der Waals surface area contributed by atoms with Gasteiger partial charge in [-0.05, 0) is 16.9 Å². The number of rotatable bonds is 6. The number of carboxylic acid groups (broad SMARTS) is 1. The first-order valence-electron chi connectivity index (χ1n) is 5.70. The number of anilines is 1. The Morgan fingerprint density at radius 2 is 2.15 bits per heavy atom. The molecule has 1 atom stereocenters. The summed E-state index contributed by atoms with van der Waals surface area (Å²) in [5.41, 5.74) is 0.665. The second kappa shape index (κ2) is 6.11. The highest BCUT2D eigenvalue weighted by molar-refractivity contribution is 7.18. The van der Waals surface area contributed by atoms with Gasteiger partial charge in [0.2, 0.25) is 0 Å². The number of nitrogens with one attached hydrogen (secondary N) is 1. The number of carbonyl (C=O) groups is 1. The van der Waals surface area contributed by atoms with Crippen molar-refractivity contribution in [2.24, 2.45) is 0 Å². The summed E-state index contributed by atoms with van der Waals surface area (Å²) in [5, 5.41) is 22.8. The van der Waals surface area contributed by atoms with Gasteiger partial charge in [-0.1, -0.05) is 30.3 Å². The summed E-state index contributed by atoms with van der Waals surface area (Å²) >= 11 is 0.876. The van der Waals surface area contributed by atoms with Gasteiger partial charge in [0.1, 0.15) is 6.20 Å². The number of benzene rings is 1. The molecule has 1 unspecified atom stereocenters. The molecule has 0 bridgehead atoms. The van der Waals surface area contributed by atoms with Crippen molar-refractivity contribution in [1.82, 2.24) is 4.98 Å². The summed E-state index contributed by atoms with van der Waals surface area (Å²) in [6, 6.07) is 8.79. The molecule has 0 amide bonds. The number of carboxylic acids is 1. The maximum Gasteiger partial charge on any atom is 0.345 e. The van der Waals surface area contributed by atoms with E-state index >= 15 is 0 Å². The van der Waals surface area contributed by atoms with Crippen LogP contribution in [0.15, 0.2) is 36.5 Å². The average Bonchev–Trinajstić information content (AvgIpc) is 2.89. The minimum absolute atomic E-state index is 0.0842. The minimum Gasteiger partial charge on any atom is -0.481 e. The van der Waals surface area contributed by atoms with Crippen molar-refractivity contribution in [3.8, 4) is 0 Å². The van der Waals surface area contributed by atoms with Crippen LogP contribution in [0.2, 0.25) is 0 Å². The van der Waals surface area contributed by atoms with Gasteiger partial charge in [-0.2, -0.15) is 0 Å². The second-order valence-corrected chi connectivity index (χ2v) is 4.95. The molecule has 0 aliphatic rings. The molecular weight excluding hydrogens is 282 g/mol. The van der Waals surface area contributed by atoms with Crippen LogP contribution in [0.5, 0.6) is 0 Å². The first-order valence-corrected chi connectivity index (χ1v) is 6.51. The molecule has 7 nitrogen and oxygen atoms in total. The zero-order valence-corrected chi connectivity index (χ0v) is 11.0. The van der Waals surface area contributed by atoms with Gasteiger partial charge in [-0.25, -0.2) is 4.98 Å². The molecule has 0 aliphatic carbocycles. The third kappa shape index (κ3) is 3.29. The van der Waals surface area contributed by atoms with Crippen LogP contribution in [0.4, 0.5) is 10.1 Å². The van der Waals surface area contributed by atoms with Gasteiger partial charge in [-0.3, -0.25) is 14.9 Å². The van der Waals surface area contributed by atoms with Crippen LogP contribution in [0.1, 0.15) is 11.5 Å². The first kappa shape index (κ1) is 13.9. The van der Waals surface area contributed by atoms with Gasteiger partial charge < -0.3 is 10.4 Å². The predicted molar refractivity (Wildman–Crippen MR) is 74.1 cm³/mol. The molecule has 0 fully saturated rings. The number of nitrogens with zero attached hydrogens (tertiary/aromatic N) is 2. The Hall–Kier alpha value is -2.48. The summed E-state index contributed by atoms with van der Waals surface area (Å²) in [6.45, 7) is 0.115. The van der Waals surface area contributed by atoms with Gasteiger partial charge in [0.05, 0.1) is 10.8 Å². The van der Waals surface area contributed by atoms with Crippen molar-refractivity contribution < 1.29 is 14.8 Å². The second-order valence-electron chi connectivity index (χ2n) is 3.94. The van der Waals surface area contributed by atoms with E-state index in [0.717, 1.165) is 17.5 Å². The summed E-state index contributed by atoms with van der Waals surface area (Å²) < 4.78 is 0. The Morgan fingerprint density at radius 3 is 2.70 bits per heavy atom. The van der Waals surface area contributed by atoms with Gasteiger partial charge in [0.25, 0.3) is 0 Å². The molecule has 0 saturated carbocycles. The highest BCUT2D eigenvalue weighted by Crippen LogP contribution is 2.26. The van der Waals surface area contributed by atoms with Crippen LogP contribution in [0.3, 0.4) is 0 Å². The quantitative estimate of drug-likeness (QED) is 0.625. The summed E-state index contributed by atoms with van der Waals surface area (Å²) in [5.74, 6) is -1.70. The Labute approximate surface area is 118 Å². The van der Waals surface area contributed by atoms with Crippen molar-refractivity contribution in [2.45, 2.75) is 5.92 Å². The normalized spacial score (nSPS) is 11.8. The number of hydrogen-bond donors (Lipinski definition) is 2. The van der Waals surface area contributed by atoms with E-state index in [4.69, 9.17) is 0 Å². The standard InChI is InChI=1S/C12H11N3O4S/c16-11(17)9(8-4-2-1-3-5-8)6-13-12-14-7-10(20-12)15(18)19/h1-5,7,9H,6H2,(H,13,14)(H,16,17). The molecular formula is C12H11N3O4S. The van der Waals surface area contributed by atoms with Crippen molar-refractivity contribution in [3.05, 3.63) is 52.2 Å². The first-order chi connectivity index (χ1) is 9.58. The molecule has 2 rings (SSSR count). The molecule has 2 aromatic rings. The van der Waals surface area contributed by atoms with Crippen LogP contribution in [0, 0.1) is 10.1 Å². The molecule has 1 aromatic heterocycles. The fourth-order valence-corrected chi connectivity index (χ4v) is 2.29. The van der Waals surface area contributed by atoms with Gasteiger partial charge >= 0.3 is 11.0 Å². The number of aromatic nitrogens is 1. The van der Waals surface area contributed by atoms with E-state index in [1.165, 1.54) is 0 Å². The van der Waals surface area contributed by atoms with Crippen LogP contribution >= 0.6 is 11.3 Å². The van der Waals surface area contributed by atoms with Crippen LogP contribution in [0.25, 0.3) is 0 Å². The fraction of sp³-hybridized carbons (Fsp3) is 0.167. The predicted octanol–water partition coefficient (Wildman–Crippen LogP) is 2.33. The Kier molecular flexibility index (Phi) is 4.26. The Morgan fingerprint density at radius 1 is 1.45 bits per heavy atom. The third-order valence-electron chi connectivity index (χ3n) is 2.63. The number of thiazole rings is 1. The third-order valence-corrected chi connectivity index (χ3v) is 3.54. The van der Waals surface area contributed by atoms with E-state index < -0.39 is 16.8 Å². The molecule has 1 aromatic carbocycles. The van der Waals surface area contributed by atoms with E-state index in [2.05, 4.69) is 10.3 Å². The summed E-state index contributed by atoms with van der Waals surface area (Å²) in [4.78, 5) is 25.1. The molecule has 2 N–H and O–H groups in total. The van der Waals surface area contributed by atoms with Gasteiger partial charge in [0, 0.05) is 6.54 Å². The van der Waals surface area contributed by atoms with Crippen molar-refractivity contribution in [2.75, 3.05) is 11.9 Å². The highest BCUT2D eigenvalue weighted by atomic mass is 32.1. The molecule has 0 spiro atoms. The Balaban J connectivity index is 2.06. The van der Waals surface area contributed by atoms with E-state index in [1.54, 1.807) is 30.3 Å². The lowest BCUT2D eigenvalue weighted by atomic mass is 9.99. The van der Waals surface area contributed by atoms with Crippen molar-refractivity contribution >= 4 is 27.4 Å². The number of nitro groups is 1. The maximum atomic E-state index is 11.3. The minimum atomic E-state index is -0.963. The molecule has 104 valence electrons. The lowest BCUT2D eigenvalue weighted by Crippen LogP contribution is -2.20. The van der Waals surface area contributed by atoms with E-state index in [0.29, 0.717) is 10.7 Å². The van der Waals surface area contributed by atoms with Gasteiger partial charge in [0.15, 0.2) is 5.13 Å². The van der Waals surface area contributed by atoms with Crippen LogP contribution in [-0.2, 0) is 4.79 Å². The zero-order valence-electron chi connectivity index (χ0n) is 10.2. The maximum absolute atomic E-state index is 11.3. The largest absolute Gasteiger partial charge is 0.481 e. The van der Waals surface area contributed by atoms with Crippen LogP contribution < -0.4 is 5.32 Å². The van der Waals surface area contributed by atoms with Crippen molar-refractivity contribution in [3.63, 3.8) is 0 Å². The summed E-state index contributed by atoms with van der Waals surface area (Å²) in [6.07, 6.45) is 1.14. The highest BCUT2D eigenvalue weighted by Gasteiger charge is 2.20. The SMILES string of the molecule is O=C(O)C(CNc1ncc([N+](=O)[O-])s1)c1ccccc1. The van der Waals surface area contributed by atoms with E-state index in [9.17, 15) is 20.0 Å². The molecule has 0 aliphatic heterocycles. The van der Waals surface area contributed by atoms with Crippen molar-refractivity contribution in [1.29, 1.82) is 0 Å². The average molecular weight is 293 g/mol.